The zero-order chi connectivity index (χ0) is 21.5. The molecule has 2 aromatic rings. The Morgan fingerprint density at radius 3 is 2.73 bits per heavy atom. The highest BCUT2D eigenvalue weighted by molar-refractivity contribution is 5.99. The molecule has 0 saturated heterocycles. The standard InChI is InChI=1S/C21H27N5O4/c1-15(19(27)22-9-12-30-2)23-20(28)17-13-18-21(29)25(10-6-11-26(18)24-17)14-16-7-4-3-5-8-16/h3-5,7-8,13,15H,6,9-12,14H2,1-2H3,(H,22,27)(H,23,28). The van der Waals surface area contributed by atoms with Crippen molar-refractivity contribution in [1.29, 1.82) is 0 Å². The second-order valence-electron chi connectivity index (χ2n) is 7.18. The topological polar surface area (TPSA) is 106 Å². The Kier molecular flexibility index (Phi) is 7.18. The number of carbonyl (C=O) groups is 3. The molecular formula is C21H27N5O4. The quantitative estimate of drug-likeness (QED) is 0.623. The Morgan fingerprint density at radius 1 is 1.23 bits per heavy atom. The van der Waals surface area contributed by atoms with Crippen molar-refractivity contribution in [3.8, 4) is 0 Å². The first-order valence-corrected chi connectivity index (χ1v) is 9.98. The lowest BCUT2D eigenvalue weighted by atomic mass is 10.2. The fourth-order valence-corrected chi connectivity index (χ4v) is 3.27. The Morgan fingerprint density at radius 2 is 2.00 bits per heavy atom. The SMILES string of the molecule is COCCNC(=O)C(C)NC(=O)c1cc2n(n1)CCCN(Cc1ccccc1)C2=O. The summed E-state index contributed by atoms with van der Waals surface area (Å²) >= 11 is 0. The highest BCUT2D eigenvalue weighted by atomic mass is 16.5. The van der Waals surface area contributed by atoms with Crippen molar-refractivity contribution in [2.24, 2.45) is 0 Å². The number of aryl methyl sites for hydroxylation is 1. The summed E-state index contributed by atoms with van der Waals surface area (Å²) in [7, 11) is 1.54. The molecule has 0 bridgehead atoms. The zero-order valence-corrected chi connectivity index (χ0v) is 17.3. The van der Waals surface area contributed by atoms with Crippen LogP contribution in [0.1, 0.15) is 39.9 Å². The fourth-order valence-electron chi connectivity index (χ4n) is 3.27. The van der Waals surface area contributed by atoms with Gasteiger partial charge >= 0.3 is 0 Å². The van der Waals surface area contributed by atoms with Crippen LogP contribution in [0.4, 0.5) is 0 Å². The van der Waals surface area contributed by atoms with E-state index in [-0.39, 0.29) is 17.5 Å². The molecular weight excluding hydrogens is 386 g/mol. The highest BCUT2D eigenvalue weighted by Crippen LogP contribution is 2.16. The van der Waals surface area contributed by atoms with Crippen LogP contribution in [0.15, 0.2) is 36.4 Å². The molecule has 1 aliphatic heterocycles. The molecule has 0 radical (unpaired) electrons. The number of aromatic nitrogens is 2. The smallest absolute Gasteiger partial charge is 0.272 e. The van der Waals surface area contributed by atoms with E-state index in [1.54, 1.807) is 23.6 Å². The van der Waals surface area contributed by atoms with Crippen LogP contribution in [-0.2, 0) is 22.6 Å². The van der Waals surface area contributed by atoms with E-state index >= 15 is 0 Å². The van der Waals surface area contributed by atoms with Crippen molar-refractivity contribution >= 4 is 17.7 Å². The predicted molar refractivity (Wildman–Crippen MR) is 110 cm³/mol. The van der Waals surface area contributed by atoms with Gasteiger partial charge in [0.2, 0.25) is 5.91 Å². The van der Waals surface area contributed by atoms with Gasteiger partial charge in [-0.15, -0.1) is 0 Å². The van der Waals surface area contributed by atoms with Gasteiger partial charge in [-0.3, -0.25) is 19.1 Å². The number of carbonyl (C=O) groups excluding carboxylic acids is 3. The number of hydrogen-bond acceptors (Lipinski definition) is 5. The van der Waals surface area contributed by atoms with Crippen molar-refractivity contribution < 1.29 is 19.1 Å². The van der Waals surface area contributed by atoms with E-state index in [9.17, 15) is 14.4 Å². The number of methoxy groups -OCH3 is 1. The number of ether oxygens (including phenoxy) is 1. The van der Waals surface area contributed by atoms with Gasteiger partial charge in [-0.25, -0.2) is 0 Å². The summed E-state index contributed by atoms with van der Waals surface area (Å²) in [6, 6.07) is 10.5. The van der Waals surface area contributed by atoms with E-state index in [2.05, 4.69) is 15.7 Å². The molecule has 1 aromatic heterocycles. The zero-order valence-electron chi connectivity index (χ0n) is 17.3. The molecule has 1 atom stereocenters. The Hall–Kier alpha value is -3.20. The molecule has 1 aromatic carbocycles. The normalized spacial score (nSPS) is 14.6. The Balaban J connectivity index is 1.66. The van der Waals surface area contributed by atoms with Crippen LogP contribution >= 0.6 is 0 Å². The third-order valence-corrected chi connectivity index (χ3v) is 4.88. The molecule has 3 amide bonds. The maximum atomic E-state index is 13.0. The lowest BCUT2D eigenvalue weighted by Crippen LogP contribution is -2.45. The molecule has 0 saturated carbocycles. The molecule has 0 aliphatic carbocycles. The van der Waals surface area contributed by atoms with Gasteiger partial charge in [0.15, 0.2) is 5.69 Å². The average molecular weight is 413 g/mol. The number of fused-ring (bicyclic) bond motifs is 1. The van der Waals surface area contributed by atoms with Gasteiger partial charge in [-0.05, 0) is 18.9 Å². The number of amides is 3. The third-order valence-electron chi connectivity index (χ3n) is 4.88. The molecule has 2 N–H and O–H groups in total. The summed E-state index contributed by atoms with van der Waals surface area (Å²) in [6.45, 7) is 4.02. The van der Waals surface area contributed by atoms with Crippen LogP contribution in [0.3, 0.4) is 0 Å². The first kappa shape index (κ1) is 21.5. The Bertz CT molecular complexity index is 896. The number of rotatable bonds is 8. The van der Waals surface area contributed by atoms with E-state index in [1.807, 2.05) is 30.3 Å². The minimum Gasteiger partial charge on any atom is -0.383 e. The minimum atomic E-state index is -0.735. The summed E-state index contributed by atoms with van der Waals surface area (Å²) in [5, 5.41) is 9.59. The molecule has 0 spiro atoms. The monoisotopic (exact) mass is 413 g/mol. The van der Waals surface area contributed by atoms with E-state index in [0.717, 1.165) is 12.0 Å². The van der Waals surface area contributed by atoms with Gasteiger partial charge in [0, 0.05) is 39.4 Å². The van der Waals surface area contributed by atoms with Crippen molar-refractivity contribution in [1.82, 2.24) is 25.3 Å². The molecule has 160 valence electrons. The van der Waals surface area contributed by atoms with Crippen LogP contribution in [0.5, 0.6) is 0 Å². The Labute approximate surface area is 175 Å². The molecule has 2 heterocycles. The minimum absolute atomic E-state index is 0.122. The number of nitrogens with one attached hydrogen (secondary N) is 2. The van der Waals surface area contributed by atoms with Gasteiger partial charge in [0.05, 0.1) is 6.61 Å². The summed E-state index contributed by atoms with van der Waals surface area (Å²) in [5.41, 5.74) is 1.55. The second-order valence-corrected chi connectivity index (χ2v) is 7.18. The van der Waals surface area contributed by atoms with E-state index in [1.165, 1.54) is 6.07 Å². The van der Waals surface area contributed by atoms with Gasteiger partial charge in [0.1, 0.15) is 11.7 Å². The maximum absolute atomic E-state index is 13.0. The van der Waals surface area contributed by atoms with Crippen LogP contribution in [-0.4, -0.2) is 65.2 Å². The lowest BCUT2D eigenvalue weighted by molar-refractivity contribution is -0.122. The van der Waals surface area contributed by atoms with Crippen LogP contribution in [0.2, 0.25) is 0 Å². The average Bonchev–Trinajstić information content (AvgIpc) is 3.12. The van der Waals surface area contributed by atoms with Gasteiger partial charge in [0.25, 0.3) is 11.8 Å². The van der Waals surface area contributed by atoms with Crippen molar-refractivity contribution in [3.05, 3.63) is 53.3 Å². The number of benzene rings is 1. The van der Waals surface area contributed by atoms with Crippen molar-refractivity contribution in [2.45, 2.75) is 32.5 Å². The van der Waals surface area contributed by atoms with E-state index < -0.39 is 11.9 Å². The molecule has 9 heteroatoms. The third kappa shape index (κ3) is 5.24. The first-order valence-electron chi connectivity index (χ1n) is 9.98. The lowest BCUT2D eigenvalue weighted by Gasteiger charge is -2.20. The summed E-state index contributed by atoms with van der Waals surface area (Å²) in [4.78, 5) is 39.4. The molecule has 3 rings (SSSR count). The van der Waals surface area contributed by atoms with E-state index in [4.69, 9.17) is 4.74 Å². The summed E-state index contributed by atoms with van der Waals surface area (Å²) in [5.74, 6) is -0.966. The molecule has 1 unspecified atom stereocenters. The number of hydrogen-bond donors (Lipinski definition) is 2. The fraction of sp³-hybridized carbons (Fsp3) is 0.429. The largest absolute Gasteiger partial charge is 0.383 e. The van der Waals surface area contributed by atoms with Crippen LogP contribution in [0, 0.1) is 0 Å². The molecule has 9 nitrogen and oxygen atoms in total. The van der Waals surface area contributed by atoms with Gasteiger partial charge in [-0.2, -0.15) is 5.10 Å². The molecule has 1 aliphatic rings. The van der Waals surface area contributed by atoms with Crippen LogP contribution < -0.4 is 10.6 Å². The van der Waals surface area contributed by atoms with Crippen LogP contribution in [0.25, 0.3) is 0 Å². The first-order chi connectivity index (χ1) is 14.5. The van der Waals surface area contributed by atoms with Gasteiger partial charge < -0.3 is 20.3 Å². The maximum Gasteiger partial charge on any atom is 0.272 e. The molecule has 30 heavy (non-hydrogen) atoms. The van der Waals surface area contributed by atoms with E-state index in [0.29, 0.717) is 38.5 Å². The van der Waals surface area contributed by atoms with Crippen molar-refractivity contribution in [3.63, 3.8) is 0 Å². The predicted octanol–water partition coefficient (Wildman–Crippen LogP) is 0.810. The molecule has 0 fully saturated rings. The number of nitrogens with zero attached hydrogens (tertiary/aromatic N) is 3. The summed E-state index contributed by atoms with van der Waals surface area (Å²) in [6.07, 6.45) is 0.743. The second kappa shape index (κ2) is 10.0. The summed E-state index contributed by atoms with van der Waals surface area (Å²) < 4.78 is 6.46. The van der Waals surface area contributed by atoms with Crippen molar-refractivity contribution in [2.75, 3.05) is 26.8 Å². The van der Waals surface area contributed by atoms with Gasteiger partial charge in [-0.1, -0.05) is 30.3 Å². The highest BCUT2D eigenvalue weighted by Gasteiger charge is 2.27.